The van der Waals surface area contributed by atoms with Crippen LogP contribution in [0, 0.1) is 5.82 Å². The molecule has 0 radical (unpaired) electrons. The van der Waals surface area contributed by atoms with Crippen LogP contribution in [0.5, 0.6) is 5.75 Å². The van der Waals surface area contributed by atoms with Crippen molar-refractivity contribution in [3.8, 4) is 5.75 Å². The van der Waals surface area contributed by atoms with Gasteiger partial charge in [0.15, 0.2) is 5.58 Å². The Bertz CT molecular complexity index is 755. The number of ether oxygens (including phenoxy) is 1. The highest BCUT2D eigenvalue weighted by molar-refractivity contribution is 5.72. The number of aliphatic hydroxyl groups is 1. The summed E-state index contributed by atoms with van der Waals surface area (Å²) in [5.74, 6) is 0.809. The number of rotatable bonds is 7. The third-order valence-corrected chi connectivity index (χ3v) is 3.52. The number of nitrogens with zero attached hydrogens (tertiary/aromatic N) is 2. The molecule has 1 unspecified atom stereocenters. The lowest BCUT2D eigenvalue weighted by atomic mass is 10.3. The Labute approximate surface area is 139 Å². The van der Waals surface area contributed by atoms with E-state index in [9.17, 15) is 9.50 Å². The molecule has 3 rings (SSSR count). The molecule has 0 saturated heterocycles. The van der Waals surface area contributed by atoms with Gasteiger partial charge in [0.2, 0.25) is 5.89 Å². The van der Waals surface area contributed by atoms with Crippen molar-refractivity contribution in [3.05, 3.63) is 60.2 Å². The molecular weight excluding hydrogens is 311 g/mol. The Morgan fingerprint density at radius 1 is 1.21 bits per heavy atom. The quantitative estimate of drug-likeness (QED) is 0.722. The number of hydrogen-bond acceptors (Lipinski definition) is 5. The number of aliphatic hydroxyl groups excluding tert-OH is 1. The van der Waals surface area contributed by atoms with Gasteiger partial charge in [-0.2, -0.15) is 0 Å². The van der Waals surface area contributed by atoms with E-state index in [1.54, 1.807) is 0 Å². The van der Waals surface area contributed by atoms with Crippen molar-refractivity contribution in [3.63, 3.8) is 0 Å². The third kappa shape index (κ3) is 4.31. The van der Waals surface area contributed by atoms with Gasteiger partial charge in [0, 0.05) is 6.54 Å². The smallest absolute Gasteiger partial charge is 0.209 e. The van der Waals surface area contributed by atoms with Crippen molar-refractivity contribution < 1.29 is 18.7 Å². The second-order valence-corrected chi connectivity index (χ2v) is 5.69. The number of hydrogen-bond donors (Lipinski definition) is 1. The molecule has 24 heavy (non-hydrogen) atoms. The maximum Gasteiger partial charge on any atom is 0.209 e. The monoisotopic (exact) mass is 330 g/mol. The fraction of sp³-hybridized carbons (Fsp3) is 0.278. The SMILES string of the molecule is CN(Cc1nc2ccccc2o1)CC(O)COc1ccc(F)cc1. The van der Waals surface area contributed by atoms with Crippen LogP contribution in [0.3, 0.4) is 0 Å². The van der Waals surface area contributed by atoms with Crippen LogP contribution in [0.2, 0.25) is 0 Å². The predicted molar refractivity (Wildman–Crippen MR) is 88.2 cm³/mol. The second-order valence-electron chi connectivity index (χ2n) is 5.69. The molecule has 1 atom stereocenters. The van der Waals surface area contributed by atoms with Gasteiger partial charge in [0.05, 0.1) is 6.54 Å². The summed E-state index contributed by atoms with van der Waals surface area (Å²) in [6, 6.07) is 13.3. The molecule has 0 aliphatic heterocycles. The third-order valence-electron chi connectivity index (χ3n) is 3.52. The average Bonchev–Trinajstić information content (AvgIpc) is 2.96. The van der Waals surface area contributed by atoms with E-state index >= 15 is 0 Å². The maximum absolute atomic E-state index is 12.8. The van der Waals surface area contributed by atoms with E-state index in [1.165, 1.54) is 24.3 Å². The van der Waals surface area contributed by atoms with Crippen molar-refractivity contribution in [1.82, 2.24) is 9.88 Å². The molecule has 1 heterocycles. The standard InChI is InChI=1S/C18H19FN2O3/c1-21(11-18-20-16-4-2-3-5-17(16)24-18)10-14(22)12-23-15-8-6-13(19)7-9-15/h2-9,14,22H,10-12H2,1H3. The van der Waals surface area contributed by atoms with Gasteiger partial charge >= 0.3 is 0 Å². The molecule has 0 aliphatic carbocycles. The van der Waals surface area contributed by atoms with Crippen LogP contribution >= 0.6 is 0 Å². The molecular formula is C18H19FN2O3. The van der Waals surface area contributed by atoms with Crippen molar-refractivity contribution in [2.24, 2.45) is 0 Å². The first-order valence-electron chi connectivity index (χ1n) is 7.69. The fourth-order valence-corrected chi connectivity index (χ4v) is 2.42. The Morgan fingerprint density at radius 3 is 2.71 bits per heavy atom. The molecule has 0 saturated carbocycles. The Morgan fingerprint density at radius 2 is 1.96 bits per heavy atom. The first-order chi connectivity index (χ1) is 11.6. The van der Waals surface area contributed by atoms with Crippen molar-refractivity contribution in [2.75, 3.05) is 20.2 Å². The predicted octanol–water partition coefficient (Wildman–Crippen LogP) is 2.84. The van der Waals surface area contributed by atoms with Crippen molar-refractivity contribution >= 4 is 11.1 Å². The van der Waals surface area contributed by atoms with Crippen LogP contribution in [0.1, 0.15) is 5.89 Å². The van der Waals surface area contributed by atoms with E-state index in [1.807, 2.05) is 36.2 Å². The molecule has 6 heteroatoms. The minimum atomic E-state index is -0.676. The number of aromatic nitrogens is 1. The highest BCUT2D eigenvalue weighted by Crippen LogP contribution is 2.16. The topological polar surface area (TPSA) is 58.7 Å². The maximum atomic E-state index is 12.8. The summed E-state index contributed by atoms with van der Waals surface area (Å²) in [6.45, 7) is 1.02. The van der Waals surface area contributed by atoms with Crippen LogP contribution < -0.4 is 4.74 Å². The molecule has 5 nitrogen and oxygen atoms in total. The molecule has 2 aromatic carbocycles. The van der Waals surface area contributed by atoms with E-state index in [4.69, 9.17) is 9.15 Å². The molecule has 126 valence electrons. The molecule has 0 amide bonds. The zero-order valence-electron chi connectivity index (χ0n) is 13.4. The molecule has 3 aromatic rings. The van der Waals surface area contributed by atoms with Crippen LogP contribution in [0.4, 0.5) is 4.39 Å². The number of fused-ring (bicyclic) bond motifs is 1. The Hall–Kier alpha value is -2.44. The van der Waals surface area contributed by atoms with Gasteiger partial charge in [-0.25, -0.2) is 9.37 Å². The molecule has 1 N–H and O–H groups in total. The average molecular weight is 330 g/mol. The van der Waals surface area contributed by atoms with Gasteiger partial charge in [-0.1, -0.05) is 12.1 Å². The number of benzene rings is 2. The second kappa shape index (κ2) is 7.42. The summed E-state index contributed by atoms with van der Waals surface area (Å²) in [5, 5.41) is 10.1. The summed E-state index contributed by atoms with van der Waals surface area (Å²) in [4.78, 5) is 6.31. The van der Waals surface area contributed by atoms with Crippen LogP contribution in [-0.2, 0) is 6.54 Å². The number of para-hydroxylation sites is 2. The lowest BCUT2D eigenvalue weighted by molar-refractivity contribution is 0.0722. The van der Waals surface area contributed by atoms with Crippen LogP contribution in [0.25, 0.3) is 11.1 Å². The molecule has 1 aromatic heterocycles. The van der Waals surface area contributed by atoms with Gasteiger partial charge < -0.3 is 14.3 Å². The minimum absolute atomic E-state index is 0.129. The van der Waals surface area contributed by atoms with E-state index in [-0.39, 0.29) is 12.4 Å². The van der Waals surface area contributed by atoms with E-state index in [0.717, 1.165) is 11.1 Å². The molecule has 0 fully saturated rings. The van der Waals surface area contributed by atoms with Crippen molar-refractivity contribution in [2.45, 2.75) is 12.6 Å². The largest absolute Gasteiger partial charge is 0.491 e. The zero-order chi connectivity index (χ0) is 16.9. The van der Waals surface area contributed by atoms with Gasteiger partial charge in [-0.3, -0.25) is 4.90 Å². The Kier molecular flexibility index (Phi) is 5.08. The van der Waals surface area contributed by atoms with Crippen LogP contribution in [-0.4, -0.2) is 41.3 Å². The summed E-state index contributed by atoms with van der Waals surface area (Å²) >= 11 is 0. The van der Waals surface area contributed by atoms with Gasteiger partial charge in [-0.15, -0.1) is 0 Å². The first kappa shape index (κ1) is 16.4. The van der Waals surface area contributed by atoms with E-state index in [2.05, 4.69) is 4.98 Å². The number of halogens is 1. The van der Waals surface area contributed by atoms with Gasteiger partial charge in [-0.05, 0) is 43.4 Å². The number of oxazole rings is 1. The summed E-state index contributed by atoms with van der Waals surface area (Å²) < 4.78 is 23.9. The van der Waals surface area contributed by atoms with Gasteiger partial charge in [0.25, 0.3) is 0 Å². The fourth-order valence-electron chi connectivity index (χ4n) is 2.42. The highest BCUT2D eigenvalue weighted by Gasteiger charge is 2.13. The minimum Gasteiger partial charge on any atom is -0.491 e. The van der Waals surface area contributed by atoms with Crippen molar-refractivity contribution in [1.29, 1.82) is 0 Å². The normalized spacial score (nSPS) is 12.7. The summed E-state index contributed by atoms with van der Waals surface area (Å²) in [7, 11) is 1.87. The lowest BCUT2D eigenvalue weighted by Crippen LogP contribution is -2.32. The molecule has 0 bridgehead atoms. The lowest BCUT2D eigenvalue weighted by Gasteiger charge is -2.19. The summed E-state index contributed by atoms with van der Waals surface area (Å²) in [5.41, 5.74) is 1.57. The highest BCUT2D eigenvalue weighted by atomic mass is 19.1. The Balaban J connectivity index is 1.48. The van der Waals surface area contributed by atoms with E-state index < -0.39 is 6.10 Å². The number of likely N-dealkylation sites (N-methyl/N-ethyl adjacent to an activating group) is 1. The van der Waals surface area contributed by atoms with Gasteiger partial charge in [0.1, 0.15) is 29.8 Å². The zero-order valence-corrected chi connectivity index (χ0v) is 13.4. The van der Waals surface area contributed by atoms with Crippen LogP contribution in [0.15, 0.2) is 52.9 Å². The first-order valence-corrected chi connectivity index (χ1v) is 7.69. The molecule has 0 aliphatic rings. The molecule has 0 spiro atoms. The summed E-state index contributed by atoms with van der Waals surface area (Å²) in [6.07, 6.45) is -0.676. The van der Waals surface area contributed by atoms with E-state index in [0.29, 0.717) is 24.7 Å².